The lowest BCUT2D eigenvalue weighted by atomic mass is 10.1. The number of rotatable bonds is 7. The minimum atomic E-state index is -3.87. The van der Waals surface area contributed by atoms with E-state index in [1.807, 2.05) is 66.9 Å². The molecule has 0 saturated heterocycles. The molecule has 0 saturated carbocycles. The Labute approximate surface area is 192 Å². The Bertz CT molecular complexity index is 1370. The first-order chi connectivity index (χ1) is 15.9. The number of hydrogen-bond acceptors (Lipinski definition) is 5. The van der Waals surface area contributed by atoms with Crippen LogP contribution in [0.1, 0.15) is 15.9 Å². The van der Waals surface area contributed by atoms with E-state index in [1.54, 1.807) is 4.68 Å². The number of aromatic nitrogens is 2. The highest BCUT2D eigenvalue weighted by Gasteiger charge is 2.24. The summed E-state index contributed by atoms with van der Waals surface area (Å²) in [5, 5.41) is 4.74. The maximum absolute atomic E-state index is 13.3. The van der Waals surface area contributed by atoms with Crippen LogP contribution < -0.4 is 0 Å². The Kier molecular flexibility index (Phi) is 6.39. The van der Waals surface area contributed by atoms with Crippen LogP contribution in [0.5, 0.6) is 0 Å². The predicted molar refractivity (Wildman–Crippen MR) is 125 cm³/mol. The molecule has 0 aliphatic rings. The van der Waals surface area contributed by atoms with Gasteiger partial charge in [-0.05, 0) is 30.3 Å². The molecule has 0 unspecified atom stereocenters. The number of para-hydroxylation sites is 1. The number of esters is 1. The number of carbonyl (C=O) groups is 1. The van der Waals surface area contributed by atoms with Gasteiger partial charge in [0.25, 0.3) is 0 Å². The first-order valence-corrected chi connectivity index (χ1v) is 11.7. The Morgan fingerprint density at radius 3 is 2.30 bits per heavy atom. The molecule has 0 radical (unpaired) electrons. The van der Waals surface area contributed by atoms with Crippen LogP contribution in [-0.2, 0) is 21.3 Å². The summed E-state index contributed by atoms with van der Waals surface area (Å²) >= 11 is 0. The molecule has 0 aliphatic heterocycles. The maximum Gasteiger partial charge on any atom is 0.337 e. The normalized spacial score (nSPS) is 11.5. The second-order valence-electron chi connectivity index (χ2n) is 7.43. The zero-order valence-electron chi connectivity index (χ0n) is 18.3. The van der Waals surface area contributed by atoms with E-state index in [1.165, 1.54) is 42.7 Å². The van der Waals surface area contributed by atoms with Crippen molar-refractivity contribution in [2.75, 3.05) is 14.2 Å². The van der Waals surface area contributed by atoms with Crippen molar-refractivity contribution < 1.29 is 17.9 Å². The number of methoxy groups -OCH3 is 1. The molecule has 1 aromatic heterocycles. The molecule has 0 bridgehead atoms. The van der Waals surface area contributed by atoms with E-state index in [4.69, 9.17) is 9.84 Å². The molecule has 1 heterocycles. The second kappa shape index (κ2) is 9.40. The zero-order chi connectivity index (χ0) is 23.4. The van der Waals surface area contributed by atoms with Crippen molar-refractivity contribution in [2.45, 2.75) is 11.4 Å². The average Bonchev–Trinajstić information content (AvgIpc) is 3.28. The van der Waals surface area contributed by atoms with Gasteiger partial charge in [0.15, 0.2) is 0 Å². The Morgan fingerprint density at radius 2 is 1.64 bits per heavy atom. The molecule has 0 fully saturated rings. The molecule has 0 aliphatic carbocycles. The van der Waals surface area contributed by atoms with Gasteiger partial charge in [-0.2, -0.15) is 9.40 Å². The van der Waals surface area contributed by atoms with Gasteiger partial charge in [0, 0.05) is 30.9 Å². The van der Waals surface area contributed by atoms with Gasteiger partial charge in [-0.15, -0.1) is 0 Å². The van der Waals surface area contributed by atoms with E-state index in [0.29, 0.717) is 5.69 Å². The van der Waals surface area contributed by atoms with Crippen molar-refractivity contribution >= 4 is 16.0 Å². The molecule has 0 atom stereocenters. The first kappa shape index (κ1) is 22.4. The number of nitrogens with zero attached hydrogens (tertiary/aromatic N) is 3. The molecular weight excluding hydrogens is 438 g/mol. The lowest BCUT2D eigenvalue weighted by Crippen LogP contribution is -2.26. The Morgan fingerprint density at radius 1 is 0.970 bits per heavy atom. The lowest BCUT2D eigenvalue weighted by molar-refractivity contribution is 0.0600. The minimum absolute atomic E-state index is 0.0182. The molecule has 0 amide bonds. The van der Waals surface area contributed by atoms with Crippen LogP contribution in [0, 0.1) is 0 Å². The van der Waals surface area contributed by atoms with Gasteiger partial charge in [-0.3, -0.25) is 0 Å². The van der Waals surface area contributed by atoms with Crippen LogP contribution in [0.15, 0.2) is 96.0 Å². The van der Waals surface area contributed by atoms with E-state index in [-0.39, 0.29) is 17.0 Å². The summed E-state index contributed by atoms with van der Waals surface area (Å²) in [7, 11) is -1.10. The highest BCUT2D eigenvalue weighted by Crippen LogP contribution is 2.26. The zero-order valence-corrected chi connectivity index (χ0v) is 19.1. The topological polar surface area (TPSA) is 81.5 Å². The number of sulfonamides is 1. The standard InChI is InChI=1S/C25H23N3O4S/c1-27(33(30,31)23-15-9-12-20(16-23)25(29)32-2)17-21-18-28(22-13-7-4-8-14-22)26-24(21)19-10-5-3-6-11-19/h3-16,18H,17H2,1-2H3. The number of ether oxygens (including phenoxy) is 1. The summed E-state index contributed by atoms with van der Waals surface area (Å²) < 4.78 is 34.3. The lowest BCUT2D eigenvalue weighted by Gasteiger charge is -2.17. The van der Waals surface area contributed by atoms with Crippen LogP contribution in [-0.4, -0.2) is 42.6 Å². The first-order valence-electron chi connectivity index (χ1n) is 10.2. The number of carbonyl (C=O) groups excluding carboxylic acids is 1. The van der Waals surface area contributed by atoms with Gasteiger partial charge in [0.2, 0.25) is 10.0 Å². The minimum Gasteiger partial charge on any atom is -0.465 e. The molecular formula is C25H23N3O4S. The number of benzene rings is 3. The monoisotopic (exact) mass is 461 g/mol. The van der Waals surface area contributed by atoms with Crippen molar-refractivity contribution in [2.24, 2.45) is 0 Å². The van der Waals surface area contributed by atoms with Crippen molar-refractivity contribution in [3.8, 4) is 16.9 Å². The SMILES string of the molecule is COC(=O)c1cccc(S(=O)(=O)N(C)Cc2cn(-c3ccccc3)nc2-c2ccccc2)c1. The largest absolute Gasteiger partial charge is 0.465 e. The van der Waals surface area contributed by atoms with E-state index in [9.17, 15) is 13.2 Å². The third kappa shape index (κ3) is 4.72. The molecule has 168 valence electrons. The summed E-state index contributed by atoms with van der Waals surface area (Å²) in [4.78, 5) is 11.9. The fourth-order valence-corrected chi connectivity index (χ4v) is 4.68. The maximum atomic E-state index is 13.3. The summed E-state index contributed by atoms with van der Waals surface area (Å²) in [6.45, 7) is 0.0991. The summed E-state index contributed by atoms with van der Waals surface area (Å²) in [6, 6.07) is 25.1. The average molecular weight is 462 g/mol. The third-order valence-corrected chi connectivity index (χ3v) is 7.01. The van der Waals surface area contributed by atoms with Crippen molar-refractivity contribution in [3.63, 3.8) is 0 Å². The van der Waals surface area contributed by atoms with Crippen LogP contribution in [0.3, 0.4) is 0 Å². The smallest absolute Gasteiger partial charge is 0.337 e. The summed E-state index contributed by atoms with van der Waals surface area (Å²) in [5.74, 6) is -0.592. The Hall–Kier alpha value is -3.75. The van der Waals surface area contributed by atoms with E-state index >= 15 is 0 Å². The van der Waals surface area contributed by atoms with Crippen molar-refractivity contribution in [1.29, 1.82) is 0 Å². The molecule has 0 N–H and O–H groups in total. The molecule has 7 nitrogen and oxygen atoms in total. The molecule has 3 aromatic carbocycles. The second-order valence-corrected chi connectivity index (χ2v) is 9.47. The van der Waals surface area contributed by atoms with Crippen LogP contribution in [0.25, 0.3) is 16.9 Å². The Balaban J connectivity index is 1.71. The molecule has 8 heteroatoms. The fourth-order valence-electron chi connectivity index (χ4n) is 3.48. The molecule has 4 aromatic rings. The van der Waals surface area contributed by atoms with Gasteiger partial charge >= 0.3 is 5.97 Å². The van der Waals surface area contributed by atoms with Gasteiger partial charge in [0.05, 0.1) is 29.0 Å². The molecule has 0 spiro atoms. The summed E-state index contributed by atoms with van der Waals surface area (Å²) in [6.07, 6.45) is 1.84. The van der Waals surface area contributed by atoms with Crippen LogP contribution in [0.2, 0.25) is 0 Å². The van der Waals surface area contributed by atoms with Crippen LogP contribution in [0.4, 0.5) is 0 Å². The van der Waals surface area contributed by atoms with Gasteiger partial charge < -0.3 is 4.74 Å². The molecule has 33 heavy (non-hydrogen) atoms. The number of hydrogen-bond donors (Lipinski definition) is 0. The third-order valence-electron chi connectivity index (χ3n) is 5.21. The van der Waals surface area contributed by atoms with Gasteiger partial charge in [-0.25, -0.2) is 17.9 Å². The van der Waals surface area contributed by atoms with E-state index in [2.05, 4.69) is 0 Å². The van der Waals surface area contributed by atoms with Crippen LogP contribution >= 0.6 is 0 Å². The van der Waals surface area contributed by atoms with Crippen molar-refractivity contribution in [3.05, 3.63) is 102 Å². The van der Waals surface area contributed by atoms with Crippen molar-refractivity contribution in [1.82, 2.24) is 14.1 Å². The highest BCUT2D eigenvalue weighted by molar-refractivity contribution is 7.89. The summed E-state index contributed by atoms with van der Waals surface area (Å²) in [5.41, 5.74) is 3.39. The van der Waals surface area contributed by atoms with E-state index < -0.39 is 16.0 Å². The van der Waals surface area contributed by atoms with E-state index in [0.717, 1.165) is 16.8 Å². The highest BCUT2D eigenvalue weighted by atomic mass is 32.2. The quantitative estimate of drug-likeness (QED) is 0.386. The van der Waals surface area contributed by atoms with Gasteiger partial charge in [0.1, 0.15) is 0 Å². The predicted octanol–water partition coefficient (Wildman–Crippen LogP) is 4.15. The van der Waals surface area contributed by atoms with Gasteiger partial charge in [-0.1, -0.05) is 54.6 Å². The fraction of sp³-hybridized carbons (Fsp3) is 0.120. The molecule has 4 rings (SSSR count).